The zero-order valence-electron chi connectivity index (χ0n) is 10.2. The third-order valence-electron chi connectivity index (χ3n) is 2.73. The Hall–Kier alpha value is -1.13. The van der Waals surface area contributed by atoms with Crippen LogP contribution in [0, 0.1) is 5.82 Å². The van der Waals surface area contributed by atoms with E-state index in [1.807, 2.05) is 25.3 Å². The molecule has 0 aliphatic heterocycles. The van der Waals surface area contributed by atoms with E-state index in [1.54, 1.807) is 6.07 Å². The SMILES string of the molecule is CC(N)Cc1cccn1Cc1cc(F)cc(Br)c1. The summed E-state index contributed by atoms with van der Waals surface area (Å²) in [6.07, 6.45) is 2.82. The van der Waals surface area contributed by atoms with Crippen molar-refractivity contribution in [2.75, 3.05) is 0 Å². The maximum Gasteiger partial charge on any atom is 0.124 e. The number of benzene rings is 1. The van der Waals surface area contributed by atoms with Gasteiger partial charge in [0.1, 0.15) is 5.82 Å². The summed E-state index contributed by atoms with van der Waals surface area (Å²) in [7, 11) is 0. The highest BCUT2D eigenvalue weighted by Gasteiger charge is 2.06. The molecular weight excluding hydrogens is 295 g/mol. The molecule has 1 aromatic heterocycles. The van der Waals surface area contributed by atoms with E-state index < -0.39 is 0 Å². The zero-order valence-corrected chi connectivity index (χ0v) is 11.8. The van der Waals surface area contributed by atoms with Gasteiger partial charge in [0.15, 0.2) is 0 Å². The van der Waals surface area contributed by atoms with Crippen LogP contribution >= 0.6 is 15.9 Å². The first-order valence-corrected chi connectivity index (χ1v) is 6.68. The Morgan fingerprint density at radius 3 is 2.83 bits per heavy atom. The predicted molar refractivity (Wildman–Crippen MR) is 75.0 cm³/mol. The Kier molecular flexibility index (Phi) is 4.19. The molecule has 96 valence electrons. The molecule has 4 heteroatoms. The number of nitrogens with two attached hydrogens (primary N) is 1. The topological polar surface area (TPSA) is 30.9 Å². The van der Waals surface area contributed by atoms with Crippen molar-refractivity contribution in [2.45, 2.75) is 25.9 Å². The lowest BCUT2D eigenvalue weighted by molar-refractivity contribution is 0.619. The molecular formula is C14H16BrFN2. The monoisotopic (exact) mass is 310 g/mol. The Labute approximate surface area is 115 Å². The van der Waals surface area contributed by atoms with Crippen molar-refractivity contribution < 1.29 is 4.39 Å². The summed E-state index contributed by atoms with van der Waals surface area (Å²) in [6, 6.07) is 9.11. The van der Waals surface area contributed by atoms with E-state index in [0.717, 1.165) is 16.5 Å². The standard InChI is InChI=1S/C14H16BrFN2/c1-10(17)5-14-3-2-4-18(14)9-11-6-12(15)8-13(16)7-11/h2-4,6-8,10H,5,9,17H2,1H3. The Bertz CT molecular complexity index is 514. The van der Waals surface area contributed by atoms with Gasteiger partial charge in [0.05, 0.1) is 0 Å². The number of hydrogen-bond acceptors (Lipinski definition) is 1. The first-order chi connectivity index (χ1) is 8.54. The fourth-order valence-electron chi connectivity index (χ4n) is 2.02. The highest BCUT2D eigenvalue weighted by Crippen LogP contribution is 2.17. The van der Waals surface area contributed by atoms with Crippen molar-refractivity contribution in [1.82, 2.24) is 4.57 Å². The second-order valence-corrected chi connectivity index (χ2v) is 5.50. The second-order valence-electron chi connectivity index (χ2n) is 4.59. The minimum atomic E-state index is -0.222. The number of halogens is 2. The van der Waals surface area contributed by atoms with Gasteiger partial charge >= 0.3 is 0 Å². The van der Waals surface area contributed by atoms with E-state index in [-0.39, 0.29) is 11.9 Å². The van der Waals surface area contributed by atoms with Gasteiger partial charge in [-0.2, -0.15) is 0 Å². The maximum atomic E-state index is 13.3. The fraction of sp³-hybridized carbons (Fsp3) is 0.286. The summed E-state index contributed by atoms with van der Waals surface area (Å²) in [5.74, 6) is -0.222. The van der Waals surface area contributed by atoms with Gasteiger partial charge in [-0.15, -0.1) is 0 Å². The Morgan fingerprint density at radius 2 is 2.17 bits per heavy atom. The maximum absolute atomic E-state index is 13.3. The summed E-state index contributed by atoms with van der Waals surface area (Å²) in [5.41, 5.74) is 7.92. The van der Waals surface area contributed by atoms with Crippen LogP contribution in [0.15, 0.2) is 41.0 Å². The van der Waals surface area contributed by atoms with E-state index in [4.69, 9.17) is 5.73 Å². The fourth-order valence-corrected chi connectivity index (χ4v) is 2.53. The summed E-state index contributed by atoms with van der Waals surface area (Å²) >= 11 is 3.31. The van der Waals surface area contributed by atoms with Crippen LogP contribution in [0.5, 0.6) is 0 Å². The molecule has 1 atom stereocenters. The van der Waals surface area contributed by atoms with E-state index in [0.29, 0.717) is 6.54 Å². The number of nitrogens with zero attached hydrogens (tertiary/aromatic N) is 1. The minimum Gasteiger partial charge on any atom is -0.347 e. The number of rotatable bonds is 4. The Balaban J connectivity index is 2.20. The van der Waals surface area contributed by atoms with Gasteiger partial charge in [-0.05, 0) is 42.8 Å². The van der Waals surface area contributed by atoms with Crippen LogP contribution in [0.3, 0.4) is 0 Å². The number of aromatic nitrogens is 1. The molecule has 2 aromatic rings. The van der Waals surface area contributed by atoms with Crippen LogP contribution in [0.2, 0.25) is 0 Å². The molecule has 1 heterocycles. The van der Waals surface area contributed by atoms with Gasteiger partial charge < -0.3 is 10.3 Å². The van der Waals surface area contributed by atoms with Crippen molar-refractivity contribution in [3.05, 3.63) is 58.1 Å². The molecule has 0 saturated carbocycles. The lowest BCUT2D eigenvalue weighted by Crippen LogP contribution is -2.20. The van der Waals surface area contributed by atoms with Gasteiger partial charge in [-0.3, -0.25) is 0 Å². The molecule has 0 aliphatic carbocycles. The van der Waals surface area contributed by atoms with Crippen molar-refractivity contribution in [3.8, 4) is 0 Å². The summed E-state index contributed by atoms with van der Waals surface area (Å²) in [6.45, 7) is 2.64. The van der Waals surface area contributed by atoms with E-state index in [9.17, 15) is 4.39 Å². The normalized spacial score (nSPS) is 12.7. The van der Waals surface area contributed by atoms with E-state index in [2.05, 4.69) is 26.6 Å². The van der Waals surface area contributed by atoms with Gasteiger partial charge in [-0.25, -0.2) is 4.39 Å². The molecule has 2 N–H and O–H groups in total. The molecule has 0 fully saturated rings. The quantitative estimate of drug-likeness (QED) is 0.922. The van der Waals surface area contributed by atoms with Crippen LogP contribution in [0.25, 0.3) is 0 Å². The smallest absolute Gasteiger partial charge is 0.124 e. The molecule has 0 saturated heterocycles. The number of hydrogen-bond donors (Lipinski definition) is 1. The first-order valence-electron chi connectivity index (χ1n) is 5.89. The van der Waals surface area contributed by atoms with Crippen LogP contribution in [0.1, 0.15) is 18.2 Å². The predicted octanol–water partition coefficient (Wildman–Crippen LogP) is 3.33. The summed E-state index contributed by atoms with van der Waals surface area (Å²) < 4.78 is 16.2. The lowest BCUT2D eigenvalue weighted by Gasteiger charge is -2.11. The van der Waals surface area contributed by atoms with Gasteiger partial charge in [0.25, 0.3) is 0 Å². The molecule has 2 nitrogen and oxygen atoms in total. The molecule has 0 spiro atoms. The van der Waals surface area contributed by atoms with Crippen molar-refractivity contribution >= 4 is 15.9 Å². The summed E-state index contributed by atoms with van der Waals surface area (Å²) in [4.78, 5) is 0. The largest absolute Gasteiger partial charge is 0.347 e. The third kappa shape index (κ3) is 3.43. The molecule has 18 heavy (non-hydrogen) atoms. The molecule has 0 amide bonds. The van der Waals surface area contributed by atoms with E-state index >= 15 is 0 Å². The molecule has 1 unspecified atom stereocenters. The molecule has 0 aliphatic rings. The van der Waals surface area contributed by atoms with Crippen LogP contribution in [0.4, 0.5) is 4.39 Å². The van der Waals surface area contributed by atoms with E-state index in [1.165, 1.54) is 11.8 Å². The Morgan fingerprint density at radius 1 is 1.39 bits per heavy atom. The first kappa shape index (κ1) is 13.3. The summed E-state index contributed by atoms with van der Waals surface area (Å²) in [5, 5.41) is 0. The average molecular weight is 311 g/mol. The van der Waals surface area contributed by atoms with Crippen molar-refractivity contribution in [3.63, 3.8) is 0 Å². The average Bonchev–Trinajstić information content (AvgIpc) is 2.63. The van der Waals surface area contributed by atoms with Crippen LogP contribution in [-0.2, 0) is 13.0 Å². The lowest BCUT2D eigenvalue weighted by atomic mass is 10.2. The molecule has 0 radical (unpaired) electrons. The highest BCUT2D eigenvalue weighted by molar-refractivity contribution is 9.10. The zero-order chi connectivity index (χ0) is 13.1. The highest BCUT2D eigenvalue weighted by atomic mass is 79.9. The van der Waals surface area contributed by atoms with Crippen LogP contribution < -0.4 is 5.73 Å². The van der Waals surface area contributed by atoms with Crippen molar-refractivity contribution in [1.29, 1.82) is 0 Å². The minimum absolute atomic E-state index is 0.123. The van der Waals surface area contributed by atoms with Crippen LogP contribution in [-0.4, -0.2) is 10.6 Å². The van der Waals surface area contributed by atoms with Gasteiger partial charge in [0, 0.05) is 35.4 Å². The second kappa shape index (κ2) is 5.67. The molecule has 0 bridgehead atoms. The van der Waals surface area contributed by atoms with Gasteiger partial charge in [-0.1, -0.05) is 15.9 Å². The molecule has 2 rings (SSSR count). The third-order valence-corrected chi connectivity index (χ3v) is 3.19. The van der Waals surface area contributed by atoms with Crippen molar-refractivity contribution in [2.24, 2.45) is 5.73 Å². The molecule has 1 aromatic carbocycles. The van der Waals surface area contributed by atoms with Gasteiger partial charge in [0.2, 0.25) is 0 Å².